The van der Waals surface area contributed by atoms with E-state index in [-0.39, 0.29) is 17.3 Å². The molecular formula is C17H13ClFN5O2. The molecule has 0 spiro atoms. The first-order chi connectivity index (χ1) is 12.5. The van der Waals surface area contributed by atoms with E-state index in [1.807, 2.05) is 6.07 Å². The number of rotatable bonds is 4. The van der Waals surface area contributed by atoms with Crippen LogP contribution in [0.25, 0.3) is 0 Å². The lowest BCUT2D eigenvalue weighted by Crippen LogP contribution is -2.44. The van der Waals surface area contributed by atoms with Gasteiger partial charge in [0, 0.05) is 6.54 Å². The highest BCUT2D eigenvalue weighted by Crippen LogP contribution is 2.25. The highest BCUT2D eigenvalue weighted by molar-refractivity contribution is 6.30. The van der Waals surface area contributed by atoms with Crippen molar-refractivity contribution >= 4 is 23.5 Å². The molecule has 2 heterocycles. The van der Waals surface area contributed by atoms with Gasteiger partial charge in [-0.25, -0.2) is 14.2 Å². The highest BCUT2D eigenvalue weighted by atomic mass is 35.5. The van der Waals surface area contributed by atoms with Crippen molar-refractivity contribution in [3.05, 3.63) is 64.2 Å². The van der Waals surface area contributed by atoms with Crippen molar-refractivity contribution in [3.63, 3.8) is 0 Å². The molecule has 0 saturated carbocycles. The minimum atomic E-state index is -0.772. The zero-order valence-electron chi connectivity index (χ0n) is 13.3. The minimum Gasteiger partial charge on any atom is -0.342 e. The normalized spacial score (nSPS) is 17.0. The first-order valence-electron chi connectivity index (χ1n) is 7.64. The summed E-state index contributed by atoms with van der Waals surface area (Å²) in [6, 6.07) is 8.80. The van der Waals surface area contributed by atoms with Gasteiger partial charge in [0.15, 0.2) is 0 Å². The fourth-order valence-electron chi connectivity index (χ4n) is 2.55. The van der Waals surface area contributed by atoms with Gasteiger partial charge in [-0.05, 0) is 29.8 Å². The lowest BCUT2D eigenvalue weighted by molar-refractivity contribution is -0.122. The molecule has 0 bridgehead atoms. The maximum atomic E-state index is 13.5. The van der Waals surface area contributed by atoms with Crippen molar-refractivity contribution in [3.8, 4) is 6.07 Å². The number of nitrogens with one attached hydrogen (secondary N) is 3. The van der Waals surface area contributed by atoms with E-state index in [9.17, 15) is 14.0 Å². The molecule has 1 saturated heterocycles. The van der Waals surface area contributed by atoms with Crippen LogP contribution in [-0.4, -0.2) is 29.5 Å². The summed E-state index contributed by atoms with van der Waals surface area (Å²) < 4.78 is 13.5. The van der Waals surface area contributed by atoms with Crippen LogP contribution in [-0.2, 0) is 4.79 Å². The van der Waals surface area contributed by atoms with Crippen LogP contribution in [0.3, 0.4) is 0 Å². The van der Waals surface area contributed by atoms with Crippen molar-refractivity contribution in [2.24, 2.45) is 0 Å². The van der Waals surface area contributed by atoms with E-state index >= 15 is 0 Å². The fourth-order valence-corrected chi connectivity index (χ4v) is 2.74. The molecule has 0 aliphatic carbocycles. The van der Waals surface area contributed by atoms with E-state index < -0.39 is 29.8 Å². The second kappa shape index (κ2) is 7.37. The first kappa shape index (κ1) is 17.6. The Labute approximate surface area is 153 Å². The summed E-state index contributed by atoms with van der Waals surface area (Å²) in [5.41, 5.74) is 1.05. The van der Waals surface area contributed by atoms with Crippen molar-refractivity contribution in [1.82, 2.24) is 20.9 Å². The van der Waals surface area contributed by atoms with Gasteiger partial charge in [-0.15, -0.1) is 0 Å². The number of halogens is 2. The van der Waals surface area contributed by atoms with Crippen molar-refractivity contribution in [2.45, 2.75) is 12.1 Å². The Morgan fingerprint density at radius 1 is 1.42 bits per heavy atom. The molecule has 0 unspecified atom stereocenters. The second-order valence-electron chi connectivity index (χ2n) is 5.58. The quantitative estimate of drug-likeness (QED) is 0.757. The van der Waals surface area contributed by atoms with Gasteiger partial charge < -0.3 is 16.0 Å². The SMILES string of the molecule is N#Cc1cccc([C@@H](NC(=O)[C@H]2CNC(=O)N2)c2ccc(F)c(Cl)c2)n1. The number of hydrogen-bond acceptors (Lipinski definition) is 4. The zero-order valence-corrected chi connectivity index (χ0v) is 14.0. The molecule has 1 fully saturated rings. The third-order valence-corrected chi connectivity index (χ3v) is 4.12. The van der Waals surface area contributed by atoms with E-state index in [0.717, 1.165) is 0 Å². The molecular weight excluding hydrogens is 361 g/mol. The van der Waals surface area contributed by atoms with Gasteiger partial charge in [0.1, 0.15) is 23.6 Å². The molecule has 3 rings (SSSR count). The number of urea groups is 1. The standard InChI is InChI=1S/C17H13ClFN5O2/c18-11-6-9(4-5-12(11)19)15(13-3-1-2-10(7-20)22-13)24-16(25)14-8-21-17(26)23-14/h1-6,14-15H,8H2,(H,24,25)(H2,21,23,26)/t14-,15+/m1/s1. The van der Waals surface area contributed by atoms with Crippen LogP contribution in [0.2, 0.25) is 5.02 Å². The van der Waals surface area contributed by atoms with Gasteiger partial charge in [0.05, 0.1) is 16.8 Å². The average molecular weight is 374 g/mol. The molecule has 7 nitrogen and oxygen atoms in total. The number of nitrogens with zero attached hydrogens (tertiary/aromatic N) is 2. The van der Waals surface area contributed by atoms with Crippen LogP contribution in [0.5, 0.6) is 0 Å². The average Bonchev–Trinajstić information content (AvgIpc) is 3.08. The van der Waals surface area contributed by atoms with Crippen molar-refractivity contribution < 1.29 is 14.0 Å². The summed E-state index contributed by atoms with van der Waals surface area (Å²) >= 11 is 5.86. The molecule has 1 aromatic heterocycles. The van der Waals surface area contributed by atoms with E-state index in [0.29, 0.717) is 11.3 Å². The largest absolute Gasteiger partial charge is 0.342 e. The Morgan fingerprint density at radius 3 is 2.88 bits per heavy atom. The predicted molar refractivity (Wildman–Crippen MR) is 90.7 cm³/mol. The summed E-state index contributed by atoms with van der Waals surface area (Å²) in [6.07, 6.45) is 0. The first-order valence-corrected chi connectivity index (χ1v) is 8.02. The van der Waals surface area contributed by atoms with Gasteiger partial charge in [-0.2, -0.15) is 5.26 Å². The van der Waals surface area contributed by atoms with E-state index in [1.54, 1.807) is 12.1 Å². The van der Waals surface area contributed by atoms with Crippen LogP contribution in [0.4, 0.5) is 9.18 Å². The number of pyridine rings is 1. The second-order valence-corrected chi connectivity index (χ2v) is 5.99. The van der Waals surface area contributed by atoms with Crippen molar-refractivity contribution in [2.75, 3.05) is 6.54 Å². The summed E-state index contributed by atoms with van der Waals surface area (Å²) in [4.78, 5) is 27.9. The summed E-state index contributed by atoms with van der Waals surface area (Å²) in [6.45, 7) is 0.146. The Balaban J connectivity index is 1.95. The number of carbonyl (C=O) groups excluding carboxylic acids is 2. The maximum Gasteiger partial charge on any atom is 0.315 e. The summed E-state index contributed by atoms with van der Waals surface area (Å²) in [7, 11) is 0. The van der Waals surface area contributed by atoms with Crippen LogP contribution in [0.15, 0.2) is 36.4 Å². The molecule has 2 atom stereocenters. The van der Waals surface area contributed by atoms with Crippen molar-refractivity contribution in [1.29, 1.82) is 5.26 Å². The van der Waals surface area contributed by atoms with E-state index in [2.05, 4.69) is 20.9 Å². The number of carbonyl (C=O) groups is 2. The Morgan fingerprint density at radius 2 is 2.23 bits per heavy atom. The zero-order chi connectivity index (χ0) is 18.7. The molecule has 3 amide bonds. The van der Waals surface area contributed by atoms with E-state index in [4.69, 9.17) is 16.9 Å². The van der Waals surface area contributed by atoms with Crippen LogP contribution in [0, 0.1) is 17.1 Å². The highest BCUT2D eigenvalue weighted by Gasteiger charge is 2.29. The van der Waals surface area contributed by atoms with Gasteiger partial charge in [0.2, 0.25) is 5.91 Å². The molecule has 1 aliphatic rings. The molecule has 3 N–H and O–H groups in total. The number of aromatic nitrogens is 1. The molecule has 0 radical (unpaired) electrons. The monoisotopic (exact) mass is 373 g/mol. The number of amides is 3. The van der Waals surface area contributed by atoms with Gasteiger partial charge in [0.25, 0.3) is 0 Å². The van der Waals surface area contributed by atoms with E-state index in [1.165, 1.54) is 24.3 Å². The van der Waals surface area contributed by atoms with Crippen LogP contribution < -0.4 is 16.0 Å². The minimum absolute atomic E-state index is 0.103. The number of hydrogen-bond donors (Lipinski definition) is 3. The summed E-state index contributed by atoms with van der Waals surface area (Å²) in [5.74, 6) is -1.04. The van der Waals surface area contributed by atoms with Crippen LogP contribution in [0.1, 0.15) is 23.0 Å². The summed E-state index contributed by atoms with van der Waals surface area (Å²) in [5, 5.41) is 16.7. The van der Waals surface area contributed by atoms with Gasteiger partial charge in [-0.3, -0.25) is 4.79 Å². The van der Waals surface area contributed by atoms with Crippen LogP contribution >= 0.6 is 11.6 Å². The number of nitriles is 1. The smallest absolute Gasteiger partial charge is 0.315 e. The Hall–Kier alpha value is -3.18. The fraction of sp³-hybridized carbons (Fsp3) is 0.176. The maximum absolute atomic E-state index is 13.5. The molecule has 2 aromatic rings. The lowest BCUT2D eigenvalue weighted by atomic mass is 10.0. The third-order valence-electron chi connectivity index (χ3n) is 3.83. The molecule has 132 valence electrons. The number of benzene rings is 1. The lowest BCUT2D eigenvalue weighted by Gasteiger charge is -2.21. The third kappa shape index (κ3) is 3.73. The topological polar surface area (TPSA) is 107 Å². The molecule has 26 heavy (non-hydrogen) atoms. The van der Waals surface area contributed by atoms with Gasteiger partial charge >= 0.3 is 6.03 Å². The Kier molecular flexibility index (Phi) is 5.00. The molecule has 9 heteroatoms. The van der Waals surface area contributed by atoms with Gasteiger partial charge in [-0.1, -0.05) is 23.7 Å². The predicted octanol–water partition coefficient (Wildman–Crippen LogP) is 1.63. The molecule has 1 aromatic carbocycles. The molecule has 1 aliphatic heterocycles. The Bertz CT molecular complexity index is 914.